The number of nitrogens with two attached hydrogens (primary N) is 1. The number of nitrogens with zero attached hydrogens (tertiary/aromatic N) is 4. The number of aromatic nitrogens is 3. The fraction of sp³-hybridized carbons (Fsp3) is 0.290. The Morgan fingerprint density at radius 1 is 1.15 bits per heavy atom. The molecule has 2 aliphatic rings. The van der Waals surface area contributed by atoms with E-state index in [4.69, 9.17) is 15.5 Å². The molecule has 0 saturated carbocycles. The van der Waals surface area contributed by atoms with Crippen molar-refractivity contribution in [2.75, 3.05) is 35.7 Å². The highest BCUT2D eigenvalue weighted by Crippen LogP contribution is 2.38. The minimum absolute atomic E-state index is 0.0507. The molecule has 1 fully saturated rings. The third-order valence-electron chi connectivity index (χ3n) is 7.63. The standard InChI is InChI=1S/C31H32FN7O2/c1-18-13-20(14-19-8-9-28(40)38-30(18)19)22-16-35-27(15-24(22)39-12-4-5-21(33)17-39)36-26-10-11-34-31(37-26)29-23(32)6-3-7-25(29)41-2/h3,6-7,10-11,13-16,21H,4-5,8-9,12,17,33H2,1-2H3,(H,38,40)(H,34,35,36,37)/t21-/m0/s1. The molecule has 0 radical (unpaired) electrons. The lowest BCUT2D eigenvalue weighted by Gasteiger charge is -2.34. The van der Waals surface area contributed by atoms with E-state index in [0.717, 1.165) is 59.6 Å². The van der Waals surface area contributed by atoms with Crippen molar-refractivity contribution in [2.24, 2.45) is 5.73 Å². The number of hydrogen-bond donors (Lipinski definition) is 3. The molecular formula is C31H32FN7O2. The average molecular weight is 554 g/mol. The van der Waals surface area contributed by atoms with E-state index in [-0.39, 0.29) is 23.3 Å². The summed E-state index contributed by atoms with van der Waals surface area (Å²) in [5.41, 5.74) is 12.7. The van der Waals surface area contributed by atoms with Crippen molar-refractivity contribution in [2.45, 2.75) is 38.6 Å². The number of methoxy groups -OCH3 is 1. The number of pyridine rings is 1. The van der Waals surface area contributed by atoms with Gasteiger partial charge >= 0.3 is 0 Å². The molecule has 4 N–H and O–H groups in total. The van der Waals surface area contributed by atoms with Crippen molar-refractivity contribution in [1.29, 1.82) is 0 Å². The summed E-state index contributed by atoms with van der Waals surface area (Å²) in [4.78, 5) is 27.9. The normalized spacial score (nSPS) is 16.6. The minimum Gasteiger partial charge on any atom is -0.496 e. The van der Waals surface area contributed by atoms with Crippen LogP contribution >= 0.6 is 0 Å². The molecule has 41 heavy (non-hydrogen) atoms. The zero-order valence-electron chi connectivity index (χ0n) is 23.1. The van der Waals surface area contributed by atoms with Gasteiger partial charge in [0.25, 0.3) is 0 Å². The first-order valence-corrected chi connectivity index (χ1v) is 13.8. The lowest BCUT2D eigenvalue weighted by atomic mass is 9.93. The molecule has 1 saturated heterocycles. The van der Waals surface area contributed by atoms with Crippen LogP contribution < -0.4 is 26.0 Å². The molecule has 210 valence electrons. The molecule has 2 aromatic heterocycles. The van der Waals surface area contributed by atoms with E-state index in [0.29, 0.717) is 30.2 Å². The fourth-order valence-corrected chi connectivity index (χ4v) is 5.64. The highest BCUT2D eigenvalue weighted by Gasteiger charge is 2.23. The van der Waals surface area contributed by atoms with E-state index in [1.165, 1.54) is 13.2 Å². The Bertz CT molecular complexity index is 1630. The van der Waals surface area contributed by atoms with Gasteiger partial charge in [-0.3, -0.25) is 4.79 Å². The maximum absolute atomic E-state index is 14.7. The lowest BCUT2D eigenvalue weighted by Crippen LogP contribution is -2.43. The van der Waals surface area contributed by atoms with Crippen molar-refractivity contribution in [3.8, 4) is 28.3 Å². The van der Waals surface area contributed by atoms with E-state index in [9.17, 15) is 9.18 Å². The summed E-state index contributed by atoms with van der Waals surface area (Å²) in [6.07, 6.45) is 6.61. The summed E-state index contributed by atoms with van der Waals surface area (Å²) in [6, 6.07) is 12.7. The number of nitrogens with one attached hydrogen (secondary N) is 2. The van der Waals surface area contributed by atoms with Gasteiger partial charge in [0.05, 0.1) is 12.7 Å². The Kier molecular flexibility index (Phi) is 7.23. The molecular weight excluding hydrogens is 521 g/mol. The largest absolute Gasteiger partial charge is 0.496 e. The molecule has 1 atom stereocenters. The second-order valence-electron chi connectivity index (χ2n) is 10.5. The Morgan fingerprint density at radius 3 is 2.85 bits per heavy atom. The third kappa shape index (κ3) is 5.43. The molecule has 0 bridgehead atoms. The zero-order valence-corrected chi connectivity index (χ0v) is 23.1. The van der Waals surface area contributed by atoms with Gasteiger partial charge in [-0.15, -0.1) is 0 Å². The van der Waals surface area contributed by atoms with Gasteiger partial charge in [-0.25, -0.2) is 19.3 Å². The number of amides is 1. The molecule has 10 heteroatoms. The van der Waals surface area contributed by atoms with Crippen LogP contribution in [0.2, 0.25) is 0 Å². The van der Waals surface area contributed by atoms with Gasteiger partial charge < -0.3 is 26.0 Å². The molecule has 6 rings (SSSR count). The summed E-state index contributed by atoms with van der Waals surface area (Å²) in [7, 11) is 1.49. The quantitative estimate of drug-likeness (QED) is 0.298. The van der Waals surface area contributed by atoms with E-state index >= 15 is 0 Å². The molecule has 2 aromatic carbocycles. The van der Waals surface area contributed by atoms with Gasteiger partial charge in [0.1, 0.15) is 23.2 Å². The number of aryl methyl sites for hydroxylation is 2. The van der Waals surface area contributed by atoms with Crippen LogP contribution in [0.4, 0.5) is 27.4 Å². The first-order chi connectivity index (χ1) is 19.9. The van der Waals surface area contributed by atoms with Gasteiger partial charge in [0.15, 0.2) is 5.82 Å². The van der Waals surface area contributed by atoms with E-state index < -0.39 is 5.82 Å². The number of carbonyl (C=O) groups excluding carboxylic acids is 1. The Hall–Kier alpha value is -4.57. The first-order valence-electron chi connectivity index (χ1n) is 13.8. The molecule has 9 nitrogen and oxygen atoms in total. The predicted octanol–water partition coefficient (Wildman–Crippen LogP) is 5.22. The van der Waals surface area contributed by atoms with Crippen molar-refractivity contribution >= 4 is 28.9 Å². The van der Waals surface area contributed by atoms with Crippen LogP contribution in [0.5, 0.6) is 5.75 Å². The number of rotatable bonds is 6. The Labute approximate surface area is 238 Å². The molecule has 1 amide bonds. The minimum atomic E-state index is -0.465. The first kappa shape index (κ1) is 26.6. The fourth-order valence-electron chi connectivity index (χ4n) is 5.64. The van der Waals surface area contributed by atoms with E-state index in [1.807, 2.05) is 19.2 Å². The van der Waals surface area contributed by atoms with Crippen molar-refractivity contribution in [3.63, 3.8) is 0 Å². The summed E-state index contributed by atoms with van der Waals surface area (Å²) in [6.45, 7) is 3.64. The van der Waals surface area contributed by atoms with E-state index in [2.05, 4.69) is 37.6 Å². The van der Waals surface area contributed by atoms with Gasteiger partial charge in [-0.1, -0.05) is 6.07 Å². The SMILES string of the molecule is COc1cccc(F)c1-c1nccc(Nc2cc(N3CCC[C@H](N)C3)c(-c3cc(C)c4c(c3)CCC(=O)N4)cn2)n1. The maximum atomic E-state index is 14.7. The molecule has 0 unspecified atom stereocenters. The number of carbonyl (C=O) groups is 1. The number of fused-ring (bicyclic) bond motifs is 1. The number of anilines is 4. The molecule has 0 spiro atoms. The number of ether oxygens (including phenoxy) is 1. The van der Waals surface area contributed by atoms with Crippen molar-refractivity contribution < 1.29 is 13.9 Å². The van der Waals surface area contributed by atoms with Gasteiger partial charge in [-0.05, 0) is 73.2 Å². The second-order valence-corrected chi connectivity index (χ2v) is 10.5. The van der Waals surface area contributed by atoms with Crippen LogP contribution in [-0.4, -0.2) is 47.1 Å². The van der Waals surface area contributed by atoms with Gasteiger partial charge in [0, 0.05) is 61.0 Å². The maximum Gasteiger partial charge on any atom is 0.224 e. The molecule has 4 aromatic rings. The van der Waals surface area contributed by atoms with Crippen LogP contribution in [0, 0.1) is 12.7 Å². The predicted molar refractivity (Wildman–Crippen MR) is 158 cm³/mol. The number of hydrogen-bond acceptors (Lipinski definition) is 8. The van der Waals surface area contributed by atoms with Crippen LogP contribution in [0.15, 0.2) is 54.9 Å². The van der Waals surface area contributed by atoms with Crippen molar-refractivity contribution in [1.82, 2.24) is 15.0 Å². The third-order valence-corrected chi connectivity index (χ3v) is 7.63. The van der Waals surface area contributed by atoms with Gasteiger partial charge in [-0.2, -0.15) is 0 Å². The second kappa shape index (κ2) is 11.1. The zero-order chi connectivity index (χ0) is 28.5. The lowest BCUT2D eigenvalue weighted by molar-refractivity contribution is -0.116. The van der Waals surface area contributed by atoms with Gasteiger partial charge in [0.2, 0.25) is 5.91 Å². The monoisotopic (exact) mass is 553 g/mol. The van der Waals surface area contributed by atoms with Crippen molar-refractivity contribution in [3.05, 3.63) is 71.8 Å². The smallest absolute Gasteiger partial charge is 0.224 e. The molecule has 4 heterocycles. The van der Waals surface area contributed by atoms with Crippen LogP contribution in [0.25, 0.3) is 22.5 Å². The summed E-state index contributed by atoms with van der Waals surface area (Å²) >= 11 is 0. The number of halogens is 1. The highest BCUT2D eigenvalue weighted by atomic mass is 19.1. The van der Waals surface area contributed by atoms with Crippen LogP contribution in [0.3, 0.4) is 0 Å². The van der Waals surface area contributed by atoms with Crippen LogP contribution in [-0.2, 0) is 11.2 Å². The number of benzene rings is 2. The highest BCUT2D eigenvalue weighted by molar-refractivity contribution is 5.96. The van der Waals surface area contributed by atoms with Crippen LogP contribution in [0.1, 0.15) is 30.4 Å². The Morgan fingerprint density at radius 2 is 2.02 bits per heavy atom. The molecule has 0 aliphatic carbocycles. The number of piperidine rings is 1. The Balaban J connectivity index is 1.38. The summed E-state index contributed by atoms with van der Waals surface area (Å²) in [5, 5.41) is 6.29. The molecule has 2 aliphatic heterocycles. The summed E-state index contributed by atoms with van der Waals surface area (Å²) in [5.74, 6) is 1.22. The average Bonchev–Trinajstić information content (AvgIpc) is 2.97. The summed E-state index contributed by atoms with van der Waals surface area (Å²) < 4.78 is 20.0. The topological polar surface area (TPSA) is 118 Å². The van der Waals surface area contributed by atoms with E-state index in [1.54, 1.807) is 24.4 Å².